The van der Waals surface area contributed by atoms with Gasteiger partial charge in [0.2, 0.25) is 5.95 Å². The summed E-state index contributed by atoms with van der Waals surface area (Å²) in [5, 5.41) is 11.5. The summed E-state index contributed by atoms with van der Waals surface area (Å²) in [5.41, 5.74) is 2.11. The average Bonchev–Trinajstić information content (AvgIpc) is 2.68. The van der Waals surface area contributed by atoms with Crippen LogP contribution in [0, 0.1) is 0 Å². The van der Waals surface area contributed by atoms with Crippen LogP contribution >= 0.6 is 0 Å². The molecule has 1 heterocycles. The van der Waals surface area contributed by atoms with E-state index in [4.69, 9.17) is 4.74 Å². The Morgan fingerprint density at radius 3 is 2.32 bits per heavy atom. The third-order valence-electron chi connectivity index (χ3n) is 4.14. The van der Waals surface area contributed by atoms with Crippen molar-refractivity contribution >= 4 is 17.5 Å². The minimum atomic E-state index is 0.148. The van der Waals surface area contributed by atoms with Crippen LogP contribution in [0.25, 0.3) is 0 Å². The fraction of sp³-hybridized carbons (Fsp3) is 0.318. The van der Waals surface area contributed by atoms with E-state index < -0.39 is 0 Å². The molecule has 146 valence electrons. The van der Waals surface area contributed by atoms with Crippen molar-refractivity contribution in [1.82, 2.24) is 15.2 Å². The van der Waals surface area contributed by atoms with Crippen molar-refractivity contribution in [2.45, 2.75) is 46.4 Å². The Labute approximate surface area is 166 Å². The molecule has 0 radical (unpaired) electrons. The SMILES string of the molecule is CC(C)Oc1ccc(Nc2nncc(N(Cc3ccccc3)C(C)C)n2)cc1. The second kappa shape index (κ2) is 9.17. The molecule has 0 unspecified atom stereocenters. The Hall–Kier alpha value is -3.15. The molecular weight excluding hydrogens is 350 g/mol. The molecule has 2 aromatic carbocycles. The third kappa shape index (κ3) is 5.42. The molecule has 0 atom stereocenters. The van der Waals surface area contributed by atoms with E-state index in [1.807, 2.05) is 56.3 Å². The van der Waals surface area contributed by atoms with E-state index in [0.717, 1.165) is 23.8 Å². The summed E-state index contributed by atoms with van der Waals surface area (Å²) >= 11 is 0. The minimum Gasteiger partial charge on any atom is -0.491 e. The number of anilines is 3. The highest BCUT2D eigenvalue weighted by molar-refractivity contribution is 5.55. The zero-order valence-electron chi connectivity index (χ0n) is 16.8. The Balaban J connectivity index is 1.74. The van der Waals surface area contributed by atoms with E-state index in [2.05, 4.69) is 51.4 Å². The van der Waals surface area contributed by atoms with E-state index in [0.29, 0.717) is 5.95 Å². The van der Waals surface area contributed by atoms with Crippen molar-refractivity contribution in [2.24, 2.45) is 0 Å². The molecule has 28 heavy (non-hydrogen) atoms. The summed E-state index contributed by atoms with van der Waals surface area (Å²) in [6, 6.07) is 18.4. The molecule has 3 aromatic rings. The normalized spacial score (nSPS) is 10.9. The molecule has 0 amide bonds. The molecule has 6 nitrogen and oxygen atoms in total. The lowest BCUT2D eigenvalue weighted by molar-refractivity contribution is 0.242. The van der Waals surface area contributed by atoms with Crippen LogP contribution in [0.4, 0.5) is 17.5 Å². The highest BCUT2D eigenvalue weighted by Crippen LogP contribution is 2.21. The molecule has 1 N–H and O–H groups in total. The van der Waals surface area contributed by atoms with E-state index >= 15 is 0 Å². The molecule has 0 aliphatic rings. The standard InChI is InChI=1S/C22H27N5O/c1-16(2)27(15-18-8-6-5-7-9-18)21-14-23-26-22(25-21)24-19-10-12-20(13-11-19)28-17(3)4/h5-14,16-17H,15H2,1-4H3,(H,24,25,26). The number of nitrogens with one attached hydrogen (secondary N) is 1. The van der Waals surface area contributed by atoms with Gasteiger partial charge in [0.1, 0.15) is 5.75 Å². The van der Waals surface area contributed by atoms with Crippen LogP contribution in [-0.4, -0.2) is 27.3 Å². The van der Waals surface area contributed by atoms with Crippen LogP contribution in [0.2, 0.25) is 0 Å². The van der Waals surface area contributed by atoms with Crippen molar-refractivity contribution in [3.63, 3.8) is 0 Å². The minimum absolute atomic E-state index is 0.148. The van der Waals surface area contributed by atoms with E-state index in [9.17, 15) is 0 Å². The van der Waals surface area contributed by atoms with Crippen LogP contribution < -0.4 is 15.0 Å². The zero-order chi connectivity index (χ0) is 19.9. The van der Waals surface area contributed by atoms with E-state index in [1.165, 1.54) is 5.56 Å². The van der Waals surface area contributed by atoms with Crippen molar-refractivity contribution in [2.75, 3.05) is 10.2 Å². The molecule has 0 aliphatic heterocycles. The molecule has 0 saturated carbocycles. The van der Waals surface area contributed by atoms with Crippen LogP contribution in [0.3, 0.4) is 0 Å². The lowest BCUT2D eigenvalue weighted by Gasteiger charge is -2.27. The van der Waals surface area contributed by atoms with Crippen LogP contribution in [0.1, 0.15) is 33.3 Å². The number of aromatic nitrogens is 3. The first-order valence-corrected chi connectivity index (χ1v) is 9.55. The molecule has 0 spiro atoms. The van der Waals surface area contributed by atoms with Gasteiger partial charge in [0.05, 0.1) is 12.3 Å². The summed E-state index contributed by atoms with van der Waals surface area (Å²) in [4.78, 5) is 6.87. The maximum atomic E-state index is 5.67. The van der Waals surface area contributed by atoms with Crippen LogP contribution in [0.15, 0.2) is 60.8 Å². The first kappa shape index (κ1) is 19.6. The number of ether oxygens (including phenoxy) is 1. The Kier molecular flexibility index (Phi) is 6.42. The van der Waals surface area contributed by atoms with Gasteiger partial charge in [-0.2, -0.15) is 10.1 Å². The van der Waals surface area contributed by atoms with Gasteiger partial charge in [-0.15, -0.1) is 5.10 Å². The monoisotopic (exact) mass is 377 g/mol. The zero-order valence-corrected chi connectivity index (χ0v) is 16.8. The maximum absolute atomic E-state index is 5.67. The number of benzene rings is 2. The van der Waals surface area contributed by atoms with Crippen molar-refractivity contribution in [1.29, 1.82) is 0 Å². The molecule has 0 aliphatic carbocycles. The van der Waals surface area contributed by atoms with E-state index in [-0.39, 0.29) is 12.1 Å². The predicted molar refractivity (Wildman–Crippen MR) is 113 cm³/mol. The topological polar surface area (TPSA) is 63.2 Å². The second-order valence-electron chi connectivity index (χ2n) is 7.16. The number of hydrogen-bond donors (Lipinski definition) is 1. The Morgan fingerprint density at radius 2 is 1.68 bits per heavy atom. The Bertz CT molecular complexity index is 866. The number of nitrogens with zero attached hydrogens (tertiary/aromatic N) is 4. The summed E-state index contributed by atoms with van der Waals surface area (Å²) in [5.74, 6) is 2.09. The lowest BCUT2D eigenvalue weighted by Crippen LogP contribution is -2.31. The van der Waals surface area contributed by atoms with Gasteiger partial charge in [-0.3, -0.25) is 0 Å². The molecule has 0 bridgehead atoms. The van der Waals surface area contributed by atoms with Gasteiger partial charge in [-0.1, -0.05) is 30.3 Å². The fourth-order valence-electron chi connectivity index (χ4n) is 2.81. The largest absolute Gasteiger partial charge is 0.491 e. The average molecular weight is 377 g/mol. The van der Waals surface area contributed by atoms with Gasteiger partial charge >= 0.3 is 0 Å². The van der Waals surface area contributed by atoms with E-state index in [1.54, 1.807) is 6.20 Å². The summed E-state index contributed by atoms with van der Waals surface area (Å²) in [6.07, 6.45) is 1.85. The highest BCUT2D eigenvalue weighted by Gasteiger charge is 2.14. The molecule has 6 heteroatoms. The van der Waals surface area contributed by atoms with Gasteiger partial charge < -0.3 is 15.0 Å². The van der Waals surface area contributed by atoms with Gasteiger partial charge in [0.25, 0.3) is 0 Å². The molecule has 0 saturated heterocycles. The predicted octanol–water partition coefficient (Wildman–Crippen LogP) is 4.82. The van der Waals surface area contributed by atoms with Crippen LogP contribution in [0.5, 0.6) is 5.75 Å². The maximum Gasteiger partial charge on any atom is 0.249 e. The van der Waals surface area contributed by atoms with Gasteiger partial charge in [0, 0.05) is 18.3 Å². The van der Waals surface area contributed by atoms with Crippen molar-refractivity contribution in [3.8, 4) is 5.75 Å². The summed E-state index contributed by atoms with van der Waals surface area (Å²) < 4.78 is 5.67. The first-order chi connectivity index (χ1) is 13.5. The van der Waals surface area contributed by atoms with Crippen molar-refractivity contribution in [3.05, 3.63) is 66.4 Å². The molecule has 3 rings (SSSR count). The molecular formula is C22H27N5O. The highest BCUT2D eigenvalue weighted by atomic mass is 16.5. The first-order valence-electron chi connectivity index (χ1n) is 9.55. The fourth-order valence-corrected chi connectivity index (χ4v) is 2.81. The summed E-state index contributed by atoms with van der Waals surface area (Å²) in [6.45, 7) is 9.06. The molecule has 0 fully saturated rings. The number of hydrogen-bond acceptors (Lipinski definition) is 6. The summed E-state index contributed by atoms with van der Waals surface area (Å²) in [7, 11) is 0. The lowest BCUT2D eigenvalue weighted by atomic mass is 10.2. The number of rotatable bonds is 8. The third-order valence-corrected chi connectivity index (χ3v) is 4.14. The molecule has 1 aromatic heterocycles. The van der Waals surface area contributed by atoms with Gasteiger partial charge in [-0.05, 0) is 57.5 Å². The Morgan fingerprint density at radius 1 is 0.964 bits per heavy atom. The van der Waals surface area contributed by atoms with Crippen LogP contribution in [-0.2, 0) is 6.54 Å². The quantitative estimate of drug-likeness (QED) is 0.607. The second-order valence-corrected chi connectivity index (χ2v) is 7.16. The van der Waals surface area contributed by atoms with Gasteiger partial charge in [-0.25, -0.2) is 0 Å². The van der Waals surface area contributed by atoms with Gasteiger partial charge in [0.15, 0.2) is 5.82 Å². The van der Waals surface area contributed by atoms with Crippen molar-refractivity contribution < 1.29 is 4.74 Å². The smallest absolute Gasteiger partial charge is 0.249 e.